The second-order valence-corrected chi connectivity index (χ2v) is 7.98. The van der Waals surface area contributed by atoms with Gasteiger partial charge in [-0.15, -0.1) is 0 Å². The van der Waals surface area contributed by atoms with Crippen LogP contribution >= 0.6 is 0 Å². The van der Waals surface area contributed by atoms with Gasteiger partial charge in [-0.3, -0.25) is 4.79 Å². The number of nitrogens with one attached hydrogen (secondary N) is 1. The summed E-state index contributed by atoms with van der Waals surface area (Å²) in [5.41, 5.74) is -0.794. The van der Waals surface area contributed by atoms with Gasteiger partial charge in [-0.25, -0.2) is 0 Å². The maximum atomic E-state index is 12.0. The maximum absolute atomic E-state index is 12.0. The van der Waals surface area contributed by atoms with Crippen molar-refractivity contribution in [3.63, 3.8) is 0 Å². The molecule has 32 heavy (non-hydrogen) atoms. The van der Waals surface area contributed by atoms with Gasteiger partial charge < -0.3 is 10.4 Å². The molecule has 0 aliphatic carbocycles. The molecule has 0 spiro atoms. The Bertz CT molecular complexity index is 665. The highest BCUT2D eigenvalue weighted by molar-refractivity contribution is 5.87. The average molecular weight is 440 g/mol. The van der Waals surface area contributed by atoms with E-state index in [0.717, 1.165) is 38.5 Å². The fraction of sp³-hybridized carbons (Fsp3) is 0.483. The predicted octanol–water partition coefficient (Wildman–Crippen LogP) is 7.30. The third-order valence-electron chi connectivity index (χ3n) is 4.90. The van der Waals surface area contributed by atoms with Gasteiger partial charge >= 0.3 is 0 Å². The Morgan fingerprint density at radius 3 is 1.94 bits per heavy atom. The van der Waals surface area contributed by atoms with E-state index in [0.29, 0.717) is 13.0 Å². The lowest BCUT2D eigenvalue weighted by molar-refractivity contribution is -0.118. The fourth-order valence-electron chi connectivity index (χ4n) is 3.14. The number of rotatable bonds is 18. The SMILES string of the molecule is CC=CC=CC=CC=CCCC=CC=CC=CC(=O)NCC(O)(CCC)CCCCCC. The van der Waals surface area contributed by atoms with Gasteiger partial charge in [-0.2, -0.15) is 0 Å². The summed E-state index contributed by atoms with van der Waals surface area (Å²) in [6.07, 6.45) is 36.2. The summed E-state index contributed by atoms with van der Waals surface area (Å²) in [5, 5.41) is 13.6. The van der Waals surface area contributed by atoms with E-state index in [9.17, 15) is 9.90 Å². The van der Waals surface area contributed by atoms with Gasteiger partial charge in [0.15, 0.2) is 0 Å². The summed E-state index contributed by atoms with van der Waals surface area (Å²) < 4.78 is 0. The van der Waals surface area contributed by atoms with E-state index in [2.05, 4.69) is 37.4 Å². The molecule has 1 unspecified atom stereocenters. The summed E-state index contributed by atoms with van der Waals surface area (Å²) >= 11 is 0. The summed E-state index contributed by atoms with van der Waals surface area (Å²) in [6.45, 7) is 6.55. The van der Waals surface area contributed by atoms with Gasteiger partial charge in [0.25, 0.3) is 0 Å². The highest BCUT2D eigenvalue weighted by Crippen LogP contribution is 2.20. The standard InChI is InChI=1S/C29H45NO2/c1-4-7-9-11-12-13-14-15-16-17-18-19-20-21-22-24-28(31)30-27-29(32,25-6-3)26-23-10-8-5-2/h4,7,9,11-15,18-22,24,32H,5-6,8,10,16-17,23,25-27H2,1-3H3,(H,30,31). The van der Waals surface area contributed by atoms with Crippen LogP contribution in [-0.4, -0.2) is 23.2 Å². The third kappa shape index (κ3) is 19.6. The molecule has 0 aromatic carbocycles. The Morgan fingerprint density at radius 2 is 1.34 bits per heavy atom. The molecule has 3 nitrogen and oxygen atoms in total. The van der Waals surface area contributed by atoms with Gasteiger partial charge in [0, 0.05) is 12.6 Å². The molecule has 3 heteroatoms. The molecule has 0 bridgehead atoms. The largest absolute Gasteiger partial charge is 0.388 e. The summed E-state index contributed by atoms with van der Waals surface area (Å²) in [4.78, 5) is 12.0. The molecular formula is C29H45NO2. The van der Waals surface area contributed by atoms with Crippen molar-refractivity contribution in [1.82, 2.24) is 5.32 Å². The monoisotopic (exact) mass is 439 g/mol. The molecule has 0 rings (SSSR count). The quantitative estimate of drug-likeness (QED) is 0.134. The fourth-order valence-corrected chi connectivity index (χ4v) is 3.14. The zero-order valence-corrected chi connectivity index (χ0v) is 20.5. The first kappa shape index (κ1) is 29.6. The number of carbonyl (C=O) groups is 1. The van der Waals surface area contributed by atoms with Gasteiger partial charge in [0.05, 0.1) is 5.60 Å². The Labute approximate surface area is 197 Å². The van der Waals surface area contributed by atoms with Crippen molar-refractivity contribution in [2.75, 3.05) is 6.54 Å². The van der Waals surface area contributed by atoms with Crippen LogP contribution < -0.4 is 5.32 Å². The van der Waals surface area contributed by atoms with Crippen LogP contribution in [0, 0.1) is 0 Å². The molecule has 0 aliphatic rings. The number of carbonyl (C=O) groups excluding carboxylic acids is 1. The number of allylic oxidation sites excluding steroid dienone is 13. The molecule has 1 atom stereocenters. The minimum atomic E-state index is -0.794. The Morgan fingerprint density at radius 1 is 0.750 bits per heavy atom. The maximum Gasteiger partial charge on any atom is 0.244 e. The highest BCUT2D eigenvalue weighted by atomic mass is 16.3. The second kappa shape index (κ2) is 21.8. The number of amides is 1. The van der Waals surface area contributed by atoms with E-state index in [4.69, 9.17) is 0 Å². The van der Waals surface area contributed by atoms with Crippen LogP contribution in [0.4, 0.5) is 0 Å². The predicted molar refractivity (Wildman–Crippen MR) is 141 cm³/mol. The Kier molecular flexibility index (Phi) is 20.2. The van der Waals surface area contributed by atoms with Crippen LogP contribution in [0.25, 0.3) is 0 Å². The van der Waals surface area contributed by atoms with Gasteiger partial charge in [-0.05, 0) is 32.6 Å². The van der Waals surface area contributed by atoms with Gasteiger partial charge in [-0.1, -0.05) is 125 Å². The lowest BCUT2D eigenvalue weighted by Crippen LogP contribution is -2.42. The summed E-state index contributed by atoms with van der Waals surface area (Å²) in [7, 11) is 0. The molecular weight excluding hydrogens is 394 g/mol. The average Bonchev–Trinajstić information content (AvgIpc) is 2.78. The number of hydrogen-bond donors (Lipinski definition) is 2. The normalized spacial score (nSPS) is 15.0. The van der Waals surface area contributed by atoms with Crippen LogP contribution in [0.15, 0.2) is 85.1 Å². The van der Waals surface area contributed by atoms with Crippen molar-refractivity contribution in [1.29, 1.82) is 0 Å². The van der Waals surface area contributed by atoms with E-state index >= 15 is 0 Å². The van der Waals surface area contributed by atoms with Crippen molar-refractivity contribution < 1.29 is 9.90 Å². The molecule has 0 aliphatic heterocycles. The van der Waals surface area contributed by atoms with Crippen LogP contribution in [0.1, 0.15) is 78.6 Å². The zero-order valence-electron chi connectivity index (χ0n) is 20.5. The zero-order chi connectivity index (χ0) is 23.8. The lowest BCUT2D eigenvalue weighted by Gasteiger charge is -2.28. The Balaban J connectivity index is 4.11. The lowest BCUT2D eigenvalue weighted by atomic mass is 9.91. The van der Waals surface area contributed by atoms with Crippen LogP contribution in [0.2, 0.25) is 0 Å². The van der Waals surface area contributed by atoms with E-state index in [1.165, 1.54) is 18.9 Å². The molecule has 0 heterocycles. The molecule has 0 saturated heterocycles. The first-order valence-corrected chi connectivity index (χ1v) is 12.2. The Hall–Kier alpha value is -2.39. The number of hydrogen-bond acceptors (Lipinski definition) is 2. The van der Waals surface area contributed by atoms with Crippen molar-refractivity contribution in [2.45, 2.75) is 84.2 Å². The van der Waals surface area contributed by atoms with E-state index in [1.807, 2.05) is 61.6 Å². The van der Waals surface area contributed by atoms with Crippen LogP contribution in [0.3, 0.4) is 0 Å². The molecule has 178 valence electrons. The van der Waals surface area contributed by atoms with Crippen LogP contribution in [-0.2, 0) is 4.79 Å². The molecule has 1 amide bonds. The smallest absolute Gasteiger partial charge is 0.244 e. The first-order valence-electron chi connectivity index (χ1n) is 12.2. The van der Waals surface area contributed by atoms with E-state index in [-0.39, 0.29) is 5.91 Å². The summed E-state index contributed by atoms with van der Waals surface area (Å²) in [6, 6.07) is 0. The van der Waals surface area contributed by atoms with Crippen LogP contribution in [0.5, 0.6) is 0 Å². The molecule has 0 aromatic rings. The topological polar surface area (TPSA) is 49.3 Å². The molecule has 0 fully saturated rings. The molecule has 2 N–H and O–H groups in total. The van der Waals surface area contributed by atoms with Crippen molar-refractivity contribution >= 4 is 5.91 Å². The van der Waals surface area contributed by atoms with Crippen molar-refractivity contribution in [2.24, 2.45) is 0 Å². The van der Waals surface area contributed by atoms with Gasteiger partial charge in [0.2, 0.25) is 5.91 Å². The van der Waals surface area contributed by atoms with Crippen molar-refractivity contribution in [3.05, 3.63) is 85.1 Å². The highest BCUT2D eigenvalue weighted by Gasteiger charge is 2.25. The molecule has 0 saturated carbocycles. The van der Waals surface area contributed by atoms with Crippen molar-refractivity contribution in [3.8, 4) is 0 Å². The minimum Gasteiger partial charge on any atom is -0.388 e. The third-order valence-corrected chi connectivity index (χ3v) is 4.90. The van der Waals surface area contributed by atoms with Gasteiger partial charge in [0.1, 0.15) is 0 Å². The number of unbranched alkanes of at least 4 members (excludes halogenated alkanes) is 4. The first-order chi connectivity index (χ1) is 15.6. The second-order valence-electron chi connectivity index (χ2n) is 7.98. The minimum absolute atomic E-state index is 0.166. The molecule has 0 radical (unpaired) electrons. The summed E-state index contributed by atoms with van der Waals surface area (Å²) in [5.74, 6) is -0.166. The van der Waals surface area contributed by atoms with E-state index in [1.54, 1.807) is 6.08 Å². The molecule has 0 aromatic heterocycles. The number of aliphatic hydroxyl groups is 1. The van der Waals surface area contributed by atoms with E-state index < -0.39 is 5.60 Å².